The van der Waals surface area contributed by atoms with Crippen LogP contribution in [0.4, 0.5) is 0 Å². The first-order valence-electron chi connectivity index (χ1n) is 9.61. The number of carbonyl (C=O) groups is 2. The number of ether oxygens (including phenoxy) is 3. The van der Waals surface area contributed by atoms with Gasteiger partial charge >= 0.3 is 11.9 Å². The fraction of sp³-hybridized carbons (Fsp3) is 0.250. The van der Waals surface area contributed by atoms with E-state index in [1.807, 2.05) is 24.3 Å². The lowest BCUT2D eigenvalue weighted by molar-refractivity contribution is -0.139. The van der Waals surface area contributed by atoms with E-state index in [9.17, 15) is 9.59 Å². The van der Waals surface area contributed by atoms with Crippen molar-refractivity contribution in [2.24, 2.45) is 0 Å². The van der Waals surface area contributed by atoms with E-state index in [4.69, 9.17) is 14.2 Å². The average Bonchev–Trinajstić information content (AvgIpc) is 2.75. The molecule has 0 aliphatic heterocycles. The van der Waals surface area contributed by atoms with Gasteiger partial charge in [-0.05, 0) is 47.9 Å². The molecule has 0 heterocycles. The van der Waals surface area contributed by atoms with Crippen molar-refractivity contribution in [1.29, 1.82) is 0 Å². The normalized spacial score (nSPS) is 10.5. The van der Waals surface area contributed by atoms with Crippen molar-refractivity contribution in [2.75, 3.05) is 6.61 Å². The molecule has 0 saturated heterocycles. The molecule has 5 nitrogen and oxygen atoms in total. The third kappa shape index (κ3) is 8.47. The Labute approximate surface area is 171 Å². The summed E-state index contributed by atoms with van der Waals surface area (Å²) in [5, 5.41) is 0. The Balaban J connectivity index is 1.80. The molecule has 0 aromatic heterocycles. The van der Waals surface area contributed by atoms with Crippen LogP contribution in [0.25, 0.3) is 6.08 Å². The predicted molar refractivity (Wildman–Crippen MR) is 113 cm³/mol. The molecule has 0 bridgehead atoms. The summed E-state index contributed by atoms with van der Waals surface area (Å²) in [5.41, 5.74) is 1.67. The summed E-state index contributed by atoms with van der Waals surface area (Å²) in [6, 6.07) is 14.3. The van der Waals surface area contributed by atoms with Crippen LogP contribution >= 0.6 is 0 Å². The molecule has 2 rings (SSSR count). The maximum atomic E-state index is 12.0. The standard InChI is InChI=1S/C24H26O5/c1-3-5-6-17-27-21-12-14-22(15-13-21)29-24(26)16-11-19-7-9-20(10-8-19)18-28-23(25)4-2/h4,7-16H,2-3,5-6,17-18H2,1H3/b16-11+. The molecule has 0 spiro atoms. The van der Waals surface area contributed by atoms with Crippen molar-refractivity contribution in [3.8, 4) is 11.5 Å². The third-order valence-electron chi connectivity index (χ3n) is 4.00. The summed E-state index contributed by atoms with van der Waals surface area (Å²) in [6.07, 6.45) is 7.47. The number of esters is 2. The molecule has 2 aromatic carbocycles. The van der Waals surface area contributed by atoms with E-state index in [2.05, 4.69) is 13.5 Å². The van der Waals surface area contributed by atoms with E-state index in [-0.39, 0.29) is 6.61 Å². The van der Waals surface area contributed by atoms with Crippen LogP contribution in [0, 0.1) is 0 Å². The molecule has 0 aliphatic carbocycles. The number of hydrogen-bond donors (Lipinski definition) is 0. The summed E-state index contributed by atoms with van der Waals surface area (Å²) in [5.74, 6) is 0.286. The zero-order chi connectivity index (χ0) is 20.9. The van der Waals surface area contributed by atoms with Gasteiger partial charge in [0.1, 0.15) is 18.1 Å². The van der Waals surface area contributed by atoms with Gasteiger partial charge in [-0.3, -0.25) is 0 Å². The molecule has 0 atom stereocenters. The molecule has 0 radical (unpaired) electrons. The fourth-order valence-corrected chi connectivity index (χ4v) is 2.40. The largest absolute Gasteiger partial charge is 0.494 e. The lowest BCUT2D eigenvalue weighted by Gasteiger charge is -2.06. The van der Waals surface area contributed by atoms with Crippen LogP contribution in [0.5, 0.6) is 11.5 Å². The zero-order valence-corrected chi connectivity index (χ0v) is 16.6. The third-order valence-corrected chi connectivity index (χ3v) is 4.00. The summed E-state index contributed by atoms with van der Waals surface area (Å²) in [4.78, 5) is 23.0. The summed E-state index contributed by atoms with van der Waals surface area (Å²) in [7, 11) is 0. The molecule has 0 fully saturated rings. The van der Waals surface area contributed by atoms with Crippen LogP contribution in [0.15, 0.2) is 67.3 Å². The van der Waals surface area contributed by atoms with Crippen LogP contribution in [-0.2, 0) is 20.9 Å². The molecule has 5 heteroatoms. The minimum atomic E-state index is -0.467. The Morgan fingerprint density at radius 1 is 0.931 bits per heavy atom. The molecular weight excluding hydrogens is 368 g/mol. The Kier molecular flexibility index (Phi) is 9.22. The summed E-state index contributed by atoms with van der Waals surface area (Å²) < 4.78 is 15.9. The lowest BCUT2D eigenvalue weighted by Crippen LogP contribution is -2.03. The highest BCUT2D eigenvalue weighted by Crippen LogP contribution is 2.18. The Morgan fingerprint density at radius 2 is 1.62 bits per heavy atom. The first-order chi connectivity index (χ1) is 14.1. The number of unbranched alkanes of at least 4 members (excludes halogenated alkanes) is 2. The quantitative estimate of drug-likeness (QED) is 0.230. The van der Waals surface area contributed by atoms with Crippen molar-refractivity contribution in [3.05, 3.63) is 78.4 Å². The Bertz CT molecular complexity index is 819. The fourth-order valence-electron chi connectivity index (χ4n) is 2.40. The molecule has 0 unspecified atom stereocenters. The number of benzene rings is 2. The van der Waals surface area contributed by atoms with E-state index < -0.39 is 11.9 Å². The van der Waals surface area contributed by atoms with Gasteiger partial charge in [0.15, 0.2) is 0 Å². The van der Waals surface area contributed by atoms with Crippen LogP contribution in [0.2, 0.25) is 0 Å². The minimum Gasteiger partial charge on any atom is -0.494 e. The van der Waals surface area contributed by atoms with Crippen molar-refractivity contribution in [3.63, 3.8) is 0 Å². The maximum Gasteiger partial charge on any atom is 0.336 e. The van der Waals surface area contributed by atoms with Crippen molar-refractivity contribution in [2.45, 2.75) is 32.8 Å². The van der Waals surface area contributed by atoms with Crippen LogP contribution in [0.3, 0.4) is 0 Å². The van der Waals surface area contributed by atoms with Gasteiger partial charge in [-0.25, -0.2) is 9.59 Å². The first kappa shape index (κ1) is 22.0. The number of rotatable bonds is 11. The van der Waals surface area contributed by atoms with Crippen LogP contribution in [-0.4, -0.2) is 18.5 Å². The zero-order valence-electron chi connectivity index (χ0n) is 16.6. The van der Waals surface area contributed by atoms with Gasteiger partial charge in [-0.15, -0.1) is 0 Å². The van der Waals surface area contributed by atoms with Crippen LogP contribution in [0.1, 0.15) is 37.3 Å². The van der Waals surface area contributed by atoms with Crippen molar-refractivity contribution >= 4 is 18.0 Å². The molecule has 29 heavy (non-hydrogen) atoms. The number of hydrogen-bond acceptors (Lipinski definition) is 5. The Morgan fingerprint density at radius 3 is 2.28 bits per heavy atom. The van der Waals surface area contributed by atoms with Gasteiger partial charge in [-0.1, -0.05) is 50.6 Å². The molecular formula is C24H26O5. The van der Waals surface area contributed by atoms with E-state index >= 15 is 0 Å². The number of carbonyl (C=O) groups excluding carboxylic acids is 2. The topological polar surface area (TPSA) is 61.8 Å². The summed E-state index contributed by atoms with van der Waals surface area (Å²) in [6.45, 7) is 6.36. The van der Waals surface area contributed by atoms with Crippen LogP contribution < -0.4 is 9.47 Å². The van der Waals surface area contributed by atoms with Crippen molar-refractivity contribution < 1.29 is 23.8 Å². The highest BCUT2D eigenvalue weighted by atomic mass is 16.5. The Hall–Kier alpha value is -3.34. The second-order valence-corrected chi connectivity index (χ2v) is 6.33. The SMILES string of the molecule is C=CC(=O)OCc1ccc(/C=C/C(=O)Oc2ccc(OCCCCC)cc2)cc1. The van der Waals surface area contributed by atoms with Gasteiger partial charge in [0.05, 0.1) is 6.61 Å². The summed E-state index contributed by atoms with van der Waals surface area (Å²) >= 11 is 0. The van der Waals surface area contributed by atoms with E-state index in [0.29, 0.717) is 12.4 Å². The minimum absolute atomic E-state index is 0.176. The highest BCUT2D eigenvalue weighted by molar-refractivity contribution is 5.88. The van der Waals surface area contributed by atoms with Gasteiger partial charge in [0.25, 0.3) is 0 Å². The molecule has 0 amide bonds. The monoisotopic (exact) mass is 394 g/mol. The highest BCUT2D eigenvalue weighted by Gasteiger charge is 2.02. The second-order valence-electron chi connectivity index (χ2n) is 6.33. The first-order valence-corrected chi connectivity index (χ1v) is 9.61. The molecule has 2 aromatic rings. The molecule has 0 N–H and O–H groups in total. The average molecular weight is 394 g/mol. The predicted octanol–water partition coefficient (Wildman–Crippen LogP) is 5.10. The molecule has 0 aliphatic rings. The molecule has 152 valence electrons. The second kappa shape index (κ2) is 12.2. The van der Waals surface area contributed by atoms with E-state index in [0.717, 1.165) is 42.2 Å². The van der Waals surface area contributed by atoms with E-state index in [1.165, 1.54) is 6.08 Å². The van der Waals surface area contributed by atoms with Gasteiger partial charge in [0.2, 0.25) is 0 Å². The van der Waals surface area contributed by atoms with Gasteiger partial charge in [0, 0.05) is 12.2 Å². The van der Waals surface area contributed by atoms with Crippen molar-refractivity contribution in [1.82, 2.24) is 0 Å². The molecule has 0 saturated carbocycles. The maximum absolute atomic E-state index is 12.0. The van der Waals surface area contributed by atoms with Gasteiger partial charge < -0.3 is 14.2 Å². The smallest absolute Gasteiger partial charge is 0.336 e. The van der Waals surface area contributed by atoms with E-state index in [1.54, 1.807) is 30.3 Å². The van der Waals surface area contributed by atoms with Gasteiger partial charge in [-0.2, -0.15) is 0 Å². The lowest BCUT2D eigenvalue weighted by atomic mass is 10.1.